The molecule has 0 aliphatic heterocycles. The van der Waals surface area contributed by atoms with E-state index in [0.717, 1.165) is 25.7 Å². The van der Waals surface area contributed by atoms with Crippen LogP contribution in [-0.4, -0.2) is 42.4 Å². The van der Waals surface area contributed by atoms with E-state index in [9.17, 15) is 26.8 Å². The summed E-state index contributed by atoms with van der Waals surface area (Å²) in [4.78, 5) is 24.9. The molecule has 2 saturated carbocycles. The zero-order valence-electron chi connectivity index (χ0n) is 15.3. The number of rotatable bonds is 7. The molecule has 156 valence electrons. The van der Waals surface area contributed by atoms with Crippen molar-refractivity contribution in [2.24, 2.45) is 11.8 Å². The van der Waals surface area contributed by atoms with E-state index in [1.807, 2.05) is 6.92 Å². The summed E-state index contributed by atoms with van der Waals surface area (Å²) in [6.07, 6.45) is 6.09. The van der Waals surface area contributed by atoms with Crippen molar-refractivity contribution in [3.8, 4) is 0 Å². The number of hydrogen-bond donors (Lipinski definition) is 1. The SMILES string of the molecule is CCC1(OC(=O)C2CCCCC2C(=O)OCC(F)(F)S(=O)(=O)O)CCCC1. The second-order valence-corrected chi connectivity index (χ2v) is 8.93. The molecule has 2 atom stereocenters. The van der Waals surface area contributed by atoms with Gasteiger partial charge in [0.1, 0.15) is 5.60 Å². The Labute approximate surface area is 157 Å². The maximum Gasteiger partial charge on any atom is 0.402 e. The first-order valence-corrected chi connectivity index (χ1v) is 10.7. The van der Waals surface area contributed by atoms with E-state index >= 15 is 0 Å². The van der Waals surface area contributed by atoms with Gasteiger partial charge in [-0.2, -0.15) is 17.2 Å². The highest BCUT2D eigenvalue weighted by Crippen LogP contribution is 2.39. The van der Waals surface area contributed by atoms with Crippen molar-refractivity contribution in [1.29, 1.82) is 0 Å². The molecular weight excluding hydrogens is 386 g/mol. The molecule has 0 radical (unpaired) electrons. The van der Waals surface area contributed by atoms with Crippen molar-refractivity contribution >= 4 is 22.1 Å². The molecule has 10 heteroatoms. The molecule has 2 aliphatic carbocycles. The third-order valence-electron chi connectivity index (χ3n) is 5.61. The summed E-state index contributed by atoms with van der Waals surface area (Å²) in [5.41, 5.74) is -0.527. The highest BCUT2D eigenvalue weighted by atomic mass is 32.2. The molecule has 0 aromatic rings. The molecule has 7 nitrogen and oxygen atoms in total. The lowest BCUT2D eigenvalue weighted by Gasteiger charge is -2.33. The number of hydrogen-bond acceptors (Lipinski definition) is 6. The lowest BCUT2D eigenvalue weighted by atomic mass is 9.79. The van der Waals surface area contributed by atoms with Crippen LogP contribution in [0.2, 0.25) is 0 Å². The number of carbonyl (C=O) groups is 2. The second-order valence-electron chi connectivity index (χ2n) is 7.38. The first-order chi connectivity index (χ1) is 12.5. The van der Waals surface area contributed by atoms with Crippen molar-refractivity contribution in [2.45, 2.75) is 75.6 Å². The van der Waals surface area contributed by atoms with Crippen LogP contribution in [0.5, 0.6) is 0 Å². The van der Waals surface area contributed by atoms with Gasteiger partial charge in [0.15, 0.2) is 6.61 Å². The Balaban J connectivity index is 2.03. The number of alkyl halides is 2. The molecule has 27 heavy (non-hydrogen) atoms. The van der Waals surface area contributed by atoms with Gasteiger partial charge in [-0.05, 0) is 44.9 Å². The number of ether oxygens (including phenoxy) is 2. The van der Waals surface area contributed by atoms with Gasteiger partial charge in [-0.3, -0.25) is 14.1 Å². The monoisotopic (exact) mass is 412 g/mol. The van der Waals surface area contributed by atoms with Gasteiger partial charge in [0.25, 0.3) is 0 Å². The predicted molar refractivity (Wildman–Crippen MR) is 90.5 cm³/mol. The Hall–Kier alpha value is -1.29. The standard InChI is InChI=1S/C17H26F2O7S/c1-2-16(9-5-6-10-16)26-15(21)13-8-4-3-7-12(13)14(20)25-11-17(18,19)27(22,23)24/h12-13H,2-11H2,1H3,(H,22,23,24). The van der Waals surface area contributed by atoms with E-state index in [-0.39, 0.29) is 6.42 Å². The van der Waals surface area contributed by atoms with Gasteiger partial charge in [-0.1, -0.05) is 19.8 Å². The van der Waals surface area contributed by atoms with Crippen LogP contribution in [0, 0.1) is 11.8 Å². The van der Waals surface area contributed by atoms with E-state index in [1.165, 1.54) is 0 Å². The van der Waals surface area contributed by atoms with Crippen molar-refractivity contribution < 1.29 is 40.8 Å². The molecule has 2 unspecified atom stereocenters. The molecule has 0 bridgehead atoms. The fourth-order valence-electron chi connectivity index (χ4n) is 3.87. The van der Waals surface area contributed by atoms with Gasteiger partial charge in [0.05, 0.1) is 11.8 Å². The van der Waals surface area contributed by atoms with Crippen LogP contribution in [-0.2, 0) is 29.2 Å². The fraction of sp³-hybridized carbons (Fsp3) is 0.882. The van der Waals surface area contributed by atoms with Gasteiger partial charge in [0.2, 0.25) is 0 Å². The number of carbonyl (C=O) groups excluding carboxylic acids is 2. The van der Waals surface area contributed by atoms with Crippen molar-refractivity contribution in [3.05, 3.63) is 0 Å². The first-order valence-electron chi connectivity index (χ1n) is 9.26. The first kappa shape index (κ1) is 22.0. The Morgan fingerprint density at radius 2 is 1.59 bits per heavy atom. The zero-order valence-corrected chi connectivity index (χ0v) is 16.1. The summed E-state index contributed by atoms with van der Waals surface area (Å²) in [7, 11) is -5.69. The molecule has 0 aromatic carbocycles. The second kappa shape index (κ2) is 8.38. The van der Waals surface area contributed by atoms with Gasteiger partial charge in [-0.25, -0.2) is 0 Å². The summed E-state index contributed by atoms with van der Waals surface area (Å²) in [6, 6.07) is 0. The molecule has 0 amide bonds. The predicted octanol–water partition coefficient (Wildman–Crippen LogP) is 3.08. The summed E-state index contributed by atoms with van der Waals surface area (Å²) < 4.78 is 66.4. The van der Waals surface area contributed by atoms with Gasteiger partial charge >= 0.3 is 27.3 Å². The topological polar surface area (TPSA) is 107 Å². The van der Waals surface area contributed by atoms with E-state index in [4.69, 9.17) is 9.29 Å². The maximum absolute atomic E-state index is 13.3. The molecule has 0 heterocycles. The van der Waals surface area contributed by atoms with Crippen molar-refractivity contribution in [1.82, 2.24) is 0 Å². The number of halogens is 2. The minimum absolute atomic E-state index is 0.273. The van der Waals surface area contributed by atoms with Crippen molar-refractivity contribution in [3.63, 3.8) is 0 Å². The Kier molecular flexibility index (Phi) is 6.83. The van der Waals surface area contributed by atoms with E-state index in [2.05, 4.69) is 4.74 Å². The highest BCUT2D eigenvalue weighted by Gasteiger charge is 2.47. The Morgan fingerprint density at radius 1 is 1.07 bits per heavy atom. The van der Waals surface area contributed by atoms with Gasteiger partial charge in [0, 0.05) is 0 Å². The average Bonchev–Trinajstić information content (AvgIpc) is 3.07. The Bertz CT molecular complexity index is 656. The largest absolute Gasteiger partial charge is 0.459 e. The maximum atomic E-state index is 13.3. The Morgan fingerprint density at radius 3 is 2.07 bits per heavy atom. The molecule has 0 aromatic heterocycles. The summed E-state index contributed by atoms with van der Waals surface area (Å²) >= 11 is 0. The van der Waals surface area contributed by atoms with Crippen LogP contribution >= 0.6 is 0 Å². The molecule has 2 rings (SSSR count). The lowest BCUT2D eigenvalue weighted by Crippen LogP contribution is -2.41. The van der Waals surface area contributed by atoms with Gasteiger partial charge in [-0.15, -0.1) is 0 Å². The van der Waals surface area contributed by atoms with Crippen LogP contribution in [0.15, 0.2) is 0 Å². The van der Waals surface area contributed by atoms with E-state index in [1.54, 1.807) is 0 Å². The smallest absolute Gasteiger partial charge is 0.402 e. The summed E-state index contributed by atoms with van der Waals surface area (Å²) in [5.74, 6) is -3.35. The lowest BCUT2D eigenvalue weighted by molar-refractivity contribution is -0.175. The normalized spacial score (nSPS) is 25.8. The van der Waals surface area contributed by atoms with E-state index < -0.39 is 51.4 Å². The molecule has 0 spiro atoms. The third kappa shape index (κ3) is 5.16. The molecule has 2 aliphatic rings. The highest BCUT2D eigenvalue weighted by molar-refractivity contribution is 7.86. The quantitative estimate of drug-likeness (QED) is 0.506. The zero-order chi connectivity index (χ0) is 20.3. The molecule has 2 fully saturated rings. The minimum Gasteiger partial charge on any atom is -0.459 e. The van der Waals surface area contributed by atoms with Gasteiger partial charge < -0.3 is 9.47 Å². The van der Waals surface area contributed by atoms with E-state index in [0.29, 0.717) is 25.7 Å². The van der Waals surface area contributed by atoms with Crippen LogP contribution < -0.4 is 0 Å². The summed E-state index contributed by atoms with van der Waals surface area (Å²) in [5, 5.41) is -4.59. The number of esters is 2. The molecule has 0 saturated heterocycles. The van der Waals surface area contributed by atoms with Crippen LogP contribution in [0.25, 0.3) is 0 Å². The third-order valence-corrected chi connectivity index (χ3v) is 6.48. The fourth-order valence-corrected chi connectivity index (χ4v) is 4.08. The van der Waals surface area contributed by atoms with Crippen molar-refractivity contribution in [2.75, 3.05) is 6.61 Å². The molecular formula is C17H26F2O7S. The van der Waals surface area contributed by atoms with Crippen LogP contribution in [0.1, 0.15) is 64.7 Å². The molecule has 1 N–H and O–H groups in total. The average molecular weight is 412 g/mol. The minimum atomic E-state index is -5.69. The van der Waals surface area contributed by atoms with Crippen LogP contribution in [0.4, 0.5) is 8.78 Å². The van der Waals surface area contributed by atoms with Crippen LogP contribution in [0.3, 0.4) is 0 Å². The summed E-state index contributed by atoms with van der Waals surface area (Å²) in [6.45, 7) is 0.143.